The van der Waals surface area contributed by atoms with Gasteiger partial charge >= 0.3 is 0 Å². The second kappa shape index (κ2) is 4.66. The number of carbonyl (C=O) groups is 1. The summed E-state index contributed by atoms with van der Waals surface area (Å²) >= 11 is 0. The van der Waals surface area contributed by atoms with E-state index in [1.165, 1.54) is 0 Å². The molecule has 7 nitrogen and oxygen atoms in total. The van der Waals surface area contributed by atoms with E-state index in [1.807, 2.05) is 13.2 Å². The van der Waals surface area contributed by atoms with Gasteiger partial charge in [0.2, 0.25) is 0 Å². The third kappa shape index (κ3) is 2.26. The molecule has 0 unspecified atom stereocenters. The van der Waals surface area contributed by atoms with E-state index in [9.17, 15) is 4.79 Å². The van der Waals surface area contributed by atoms with E-state index in [4.69, 9.17) is 5.73 Å². The minimum absolute atomic E-state index is 0.172. The van der Waals surface area contributed by atoms with Gasteiger partial charge in [-0.3, -0.25) is 14.6 Å². The zero-order valence-corrected chi connectivity index (χ0v) is 11.6. The van der Waals surface area contributed by atoms with Crippen LogP contribution in [-0.4, -0.2) is 37.8 Å². The molecule has 1 aliphatic carbocycles. The van der Waals surface area contributed by atoms with Crippen LogP contribution in [0.25, 0.3) is 0 Å². The van der Waals surface area contributed by atoms with E-state index < -0.39 is 0 Å². The van der Waals surface area contributed by atoms with Gasteiger partial charge in [0.15, 0.2) is 5.69 Å². The van der Waals surface area contributed by atoms with Crippen LogP contribution in [0.3, 0.4) is 0 Å². The predicted octanol–water partition coefficient (Wildman–Crippen LogP) is 0.875. The molecule has 1 saturated carbocycles. The van der Waals surface area contributed by atoms with Crippen molar-refractivity contribution in [2.75, 3.05) is 12.8 Å². The summed E-state index contributed by atoms with van der Waals surface area (Å²) in [6, 6.07) is 0. The predicted molar refractivity (Wildman–Crippen MR) is 74.0 cm³/mol. The molecule has 106 valence electrons. The maximum absolute atomic E-state index is 12.4. The van der Waals surface area contributed by atoms with Crippen molar-refractivity contribution >= 4 is 11.6 Å². The third-order valence-corrected chi connectivity index (χ3v) is 3.55. The number of anilines is 1. The minimum atomic E-state index is -0.172. The quantitative estimate of drug-likeness (QED) is 0.865. The molecule has 3 rings (SSSR count). The summed E-state index contributed by atoms with van der Waals surface area (Å²) in [4.78, 5) is 14.0. The van der Waals surface area contributed by atoms with Crippen molar-refractivity contribution in [2.45, 2.75) is 25.3 Å². The molecule has 0 radical (unpaired) electrons. The van der Waals surface area contributed by atoms with Crippen LogP contribution < -0.4 is 5.73 Å². The molecular weight excluding hydrogens is 256 g/mol. The maximum atomic E-state index is 12.4. The number of nitrogens with two attached hydrogens (primary N) is 1. The first-order chi connectivity index (χ1) is 9.56. The highest BCUT2D eigenvalue weighted by Crippen LogP contribution is 2.42. The fourth-order valence-corrected chi connectivity index (χ4v) is 2.29. The van der Waals surface area contributed by atoms with Crippen LogP contribution in [0, 0.1) is 0 Å². The third-order valence-electron chi connectivity index (χ3n) is 3.55. The number of hydrogen-bond donors (Lipinski definition) is 2. The molecule has 20 heavy (non-hydrogen) atoms. The molecule has 7 heteroatoms. The highest BCUT2D eigenvalue weighted by Gasteiger charge is 2.31. The molecule has 0 aromatic carbocycles. The topological polar surface area (TPSA) is 92.8 Å². The van der Waals surface area contributed by atoms with Gasteiger partial charge in [-0.1, -0.05) is 0 Å². The zero-order chi connectivity index (χ0) is 14.3. The van der Waals surface area contributed by atoms with Gasteiger partial charge in [-0.05, 0) is 12.8 Å². The Bertz CT molecular complexity index is 639. The molecule has 3 N–H and O–H groups in total. The van der Waals surface area contributed by atoms with Gasteiger partial charge in [0, 0.05) is 38.3 Å². The number of aromatic amines is 1. The molecule has 0 aliphatic heterocycles. The number of nitrogen functional groups attached to an aromatic ring is 1. The number of aromatic nitrogens is 4. The van der Waals surface area contributed by atoms with Gasteiger partial charge in [-0.2, -0.15) is 10.2 Å². The van der Waals surface area contributed by atoms with E-state index in [1.54, 1.807) is 22.8 Å². The average Bonchev–Trinajstić information content (AvgIpc) is 3.07. The minimum Gasteiger partial charge on any atom is -0.395 e. The lowest BCUT2D eigenvalue weighted by Gasteiger charge is -2.15. The van der Waals surface area contributed by atoms with Crippen LogP contribution in [0.5, 0.6) is 0 Å². The fourth-order valence-electron chi connectivity index (χ4n) is 2.29. The molecule has 2 aromatic heterocycles. The lowest BCUT2D eigenvalue weighted by atomic mass is 10.2. The number of hydrogen-bond acceptors (Lipinski definition) is 4. The van der Waals surface area contributed by atoms with Crippen molar-refractivity contribution in [1.82, 2.24) is 24.9 Å². The largest absolute Gasteiger partial charge is 0.395 e. The van der Waals surface area contributed by atoms with Gasteiger partial charge in [0.25, 0.3) is 5.91 Å². The molecule has 1 fully saturated rings. The van der Waals surface area contributed by atoms with Crippen molar-refractivity contribution < 1.29 is 4.79 Å². The lowest BCUT2D eigenvalue weighted by molar-refractivity contribution is 0.0780. The standard InChI is InChI=1S/C13H18N6O/c1-18(6-8-5-15-19(2)7-8)13(20)12-10(14)11(16-17-12)9-3-4-9/h5,7,9H,3-4,6,14H2,1-2H3,(H,16,17). The van der Waals surface area contributed by atoms with Crippen molar-refractivity contribution in [3.63, 3.8) is 0 Å². The summed E-state index contributed by atoms with van der Waals surface area (Å²) in [5.74, 6) is 0.280. The summed E-state index contributed by atoms with van der Waals surface area (Å²) in [7, 11) is 3.58. The highest BCUT2D eigenvalue weighted by molar-refractivity contribution is 5.97. The van der Waals surface area contributed by atoms with Crippen LogP contribution in [-0.2, 0) is 13.6 Å². The molecule has 2 heterocycles. The first-order valence-electron chi connectivity index (χ1n) is 6.63. The van der Waals surface area contributed by atoms with Crippen molar-refractivity contribution in [1.29, 1.82) is 0 Å². The monoisotopic (exact) mass is 274 g/mol. The Labute approximate surface area is 116 Å². The van der Waals surface area contributed by atoms with Crippen molar-refractivity contribution in [3.8, 4) is 0 Å². The van der Waals surface area contributed by atoms with Crippen LogP contribution in [0.15, 0.2) is 12.4 Å². The number of nitrogens with zero attached hydrogens (tertiary/aromatic N) is 4. The molecule has 0 atom stereocenters. The van der Waals surface area contributed by atoms with E-state index >= 15 is 0 Å². The highest BCUT2D eigenvalue weighted by atomic mass is 16.2. The van der Waals surface area contributed by atoms with E-state index in [0.717, 1.165) is 24.1 Å². The zero-order valence-electron chi connectivity index (χ0n) is 11.6. The van der Waals surface area contributed by atoms with E-state index in [2.05, 4.69) is 15.3 Å². The van der Waals surface area contributed by atoms with E-state index in [0.29, 0.717) is 23.8 Å². The fraction of sp³-hybridized carbons (Fsp3) is 0.462. The van der Waals surface area contributed by atoms with Crippen LogP contribution in [0.1, 0.15) is 40.5 Å². The maximum Gasteiger partial charge on any atom is 0.276 e. The summed E-state index contributed by atoms with van der Waals surface area (Å²) < 4.78 is 1.71. The number of carbonyl (C=O) groups excluding carboxylic acids is 1. The number of H-pyrrole nitrogens is 1. The Morgan fingerprint density at radius 1 is 1.60 bits per heavy atom. The van der Waals surface area contributed by atoms with Crippen molar-refractivity contribution in [2.24, 2.45) is 7.05 Å². The number of rotatable bonds is 4. The number of amides is 1. The second-order valence-electron chi connectivity index (χ2n) is 5.36. The van der Waals surface area contributed by atoms with Gasteiger partial charge in [-0.15, -0.1) is 0 Å². The van der Waals surface area contributed by atoms with Gasteiger partial charge in [0.1, 0.15) is 0 Å². The first kappa shape index (κ1) is 12.7. The second-order valence-corrected chi connectivity index (χ2v) is 5.36. The Morgan fingerprint density at radius 2 is 2.35 bits per heavy atom. The Balaban J connectivity index is 1.74. The van der Waals surface area contributed by atoms with Crippen LogP contribution >= 0.6 is 0 Å². The summed E-state index contributed by atoms with van der Waals surface area (Å²) in [6.07, 6.45) is 5.86. The van der Waals surface area contributed by atoms with Crippen LogP contribution in [0.4, 0.5) is 5.69 Å². The molecular formula is C13H18N6O. The lowest BCUT2D eigenvalue weighted by Crippen LogP contribution is -2.27. The molecule has 0 spiro atoms. The normalized spacial score (nSPS) is 14.5. The first-order valence-corrected chi connectivity index (χ1v) is 6.63. The smallest absolute Gasteiger partial charge is 0.276 e. The Kier molecular flexibility index (Phi) is 2.96. The molecule has 0 bridgehead atoms. The SMILES string of the molecule is CN(Cc1cnn(C)c1)C(=O)c1n[nH]c(C2CC2)c1N. The summed E-state index contributed by atoms with van der Waals surface area (Å²) in [5, 5.41) is 11.1. The summed E-state index contributed by atoms with van der Waals surface area (Å²) in [6.45, 7) is 0.484. The molecule has 1 aliphatic rings. The Morgan fingerprint density at radius 3 is 2.95 bits per heavy atom. The average molecular weight is 274 g/mol. The molecule has 2 aromatic rings. The van der Waals surface area contributed by atoms with Gasteiger partial charge in [0.05, 0.1) is 17.6 Å². The number of aryl methyl sites for hydroxylation is 1. The van der Waals surface area contributed by atoms with Crippen LogP contribution in [0.2, 0.25) is 0 Å². The Hall–Kier alpha value is -2.31. The van der Waals surface area contributed by atoms with Crippen molar-refractivity contribution in [3.05, 3.63) is 29.3 Å². The number of nitrogens with one attached hydrogen (secondary N) is 1. The summed E-state index contributed by atoms with van der Waals surface area (Å²) in [5.41, 5.74) is 8.71. The molecule has 1 amide bonds. The van der Waals surface area contributed by atoms with Gasteiger partial charge < -0.3 is 10.6 Å². The molecule has 0 saturated heterocycles. The van der Waals surface area contributed by atoms with E-state index in [-0.39, 0.29) is 5.91 Å². The van der Waals surface area contributed by atoms with Gasteiger partial charge in [-0.25, -0.2) is 0 Å².